The van der Waals surface area contributed by atoms with Crippen LogP contribution in [0, 0.1) is 11.8 Å². The lowest BCUT2D eigenvalue weighted by Gasteiger charge is -2.20. The minimum atomic E-state index is -0.764. The summed E-state index contributed by atoms with van der Waals surface area (Å²) in [6, 6.07) is 0. The van der Waals surface area contributed by atoms with E-state index in [1.807, 2.05) is 0 Å². The van der Waals surface area contributed by atoms with Crippen LogP contribution in [0.5, 0.6) is 0 Å². The fourth-order valence-electron chi connectivity index (χ4n) is 3.51. The predicted octanol–water partition coefficient (Wildman–Crippen LogP) is 2.40. The molecule has 21 heavy (non-hydrogen) atoms. The molecule has 1 aliphatic carbocycles. The molecule has 116 valence electrons. The first kappa shape index (κ1) is 14.5. The minimum absolute atomic E-state index is 0.147. The van der Waals surface area contributed by atoms with E-state index in [-0.39, 0.29) is 12.0 Å². The second-order valence-electron chi connectivity index (χ2n) is 6.37. The molecule has 6 nitrogen and oxygen atoms in total. The fourth-order valence-corrected chi connectivity index (χ4v) is 3.51. The molecule has 4 unspecified atom stereocenters. The fraction of sp³-hybridized carbons (Fsp3) is 0.800. The highest BCUT2D eigenvalue weighted by atomic mass is 16.5. The summed E-state index contributed by atoms with van der Waals surface area (Å²) in [6.07, 6.45) is 5.64. The molecule has 0 aromatic carbocycles. The number of carboxylic acids is 1. The van der Waals surface area contributed by atoms with Gasteiger partial charge in [-0.2, -0.15) is 4.98 Å². The SMILES string of the molecule is CC1CC(C(=O)O)C(c2nc(CC3CCCCO3)no2)C1. The van der Waals surface area contributed by atoms with E-state index in [2.05, 4.69) is 17.1 Å². The minimum Gasteiger partial charge on any atom is -0.481 e. The molecule has 1 N–H and O–H groups in total. The molecule has 0 bridgehead atoms. The van der Waals surface area contributed by atoms with Crippen molar-refractivity contribution < 1.29 is 19.2 Å². The van der Waals surface area contributed by atoms with Gasteiger partial charge in [-0.3, -0.25) is 4.79 Å². The van der Waals surface area contributed by atoms with E-state index < -0.39 is 11.9 Å². The molecule has 0 amide bonds. The highest BCUT2D eigenvalue weighted by molar-refractivity contribution is 5.71. The van der Waals surface area contributed by atoms with Crippen LogP contribution in [0.3, 0.4) is 0 Å². The lowest BCUT2D eigenvalue weighted by Crippen LogP contribution is -2.22. The maximum absolute atomic E-state index is 11.3. The molecule has 6 heteroatoms. The zero-order valence-corrected chi connectivity index (χ0v) is 12.3. The molecular formula is C15H22N2O4. The van der Waals surface area contributed by atoms with Gasteiger partial charge in [0.25, 0.3) is 0 Å². The van der Waals surface area contributed by atoms with Gasteiger partial charge < -0.3 is 14.4 Å². The summed E-state index contributed by atoms with van der Waals surface area (Å²) in [6.45, 7) is 2.87. The Morgan fingerprint density at radius 2 is 2.24 bits per heavy atom. The molecule has 3 rings (SSSR count). The summed E-state index contributed by atoms with van der Waals surface area (Å²) in [5.74, 6) is 0.191. The second kappa shape index (κ2) is 6.13. The van der Waals surface area contributed by atoms with Crippen LogP contribution in [0.2, 0.25) is 0 Å². The van der Waals surface area contributed by atoms with Crippen molar-refractivity contribution in [2.75, 3.05) is 6.61 Å². The van der Waals surface area contributed by atoms with Crippen molar-refractivity contribution >= 4 is 5.97 Å². The average molecular weight is 294 g/mol. The van der Waals surface area contributed by atoms with E-state index >= 15 is 0 Å². The van der Waals surface area contributed by atoms with Crippen LogP contribution < -0.4 is 0 Å². The zero-order valence-electron chi connectivity index (χ0n) is 12.3. The number of hydrogen-bond donors (Lipinski definition) is 1. The van der Waals surface area contributed by atoms with Gasteiger partial charge >= 0.3 is 5.97 Å². The van der Waals surface area contributed by atoms with Crippen molar-refractivity contribution in [2.24, 2.45) is 11.8 Å². The van der Waals surface area contributed by atoms with Gasteiger partial charge in [0.2, 0.25) is 5.89 Å². The van der Waals surface area contributed by atoms with Crippen molar-refractivity contribution in [2.45, 2.75) is 57.5 Å². The number of ether oxygens (including phenoxy) is 1. The Labute approximate surface area is 123 Å². The van der Waals surface area contributed by atoms with Gasteiger partial charge in [-0.25, -0.2) is 0 Å². The van der Waals surface area contributed by atoms with Crippen LogP contribution in [-0.2, 0) is 16.0 Å². The van der Waals surface area contributed by atoms with Crippen LogP contribution in [-0.4, -0.2) is 33.9 Å². The van der Waals surface area contributed by atoms with Crippen molar-refractivity contribution in [3.05, 3.63) is 11.7 Å². The Hall–Kier alpha value is -1.43. The Balaban J connectivity index is 1.67. The summed E-state index contributed by atoms with van der Waals surface area (Å²) in [4.78, 5) is 15.8. The monoisotopic (exact) mass is 294 g/mol. The molecule has 2 aliphatic rings. The number of aromatic nitrogens is 2. The molecule has 1 saturated heterocycles. The van der Waals surface area contributed by atoms with Crippen LogP contribution in [0.4, 0.5) is 0 Å². The Morgan fingerprint density at radius 3 is 2.95 bits per heavy atom. The average Bonchev–Trinajstić information content (AvgIpc) is 3.06. The third kappa shape index (κ3) is 3.26. The topological polar surface area (TPSA) is 85.5 Å². The van der Waals surface area contributed by atoms with Crippen LogP contribution >= 0.6 is 0 Å². The van der Waals surface area contributed by atoms with E-state index in [0.29, 0.717) is 30.5 Å². The molecule has 1 aliphatic heterocycles. The van der Waals surface area contributed by atoms with Gasteiger partial charge in [-0.05, 0) is 38.0 Å². The Bertz CT molecular complexity index is 496. The van der Waals surface area contributed by atoms with Gasteiger partial charge in [0.15, 0.2) is 5.82 Å². The molecule has 2 fully saturated rings. The first-order valence-corrected chi connectivity index (χ1v) is 7.80. The predicted molar refractivity (Wildman–Crippen MR) is 73.9 cm³/mol. The highest BCUT2D eigenvalue weighted by Crippen LogP contribution is 2.42. The number of carboxylic acid groups (broad SMARTS) is 1. The van der Waals surface area contributed by atoms with E-state index in [1.54, 1.807) is 0 Å². The number of aliphatic carboxylic acids is 1. The maximum Gasteiger partial charge on any atom is 0.307 e. The van der Waals surface area contributed by atoms with Crippen molar-refractivity contribution in [1.82, 2.24) is 10.1 Å². The number of nitrogens with zero attached hydrogens (tertiary/aromatic N) is 2. The van der Waals surface area contributed by atoms with Crippen molar-refractivity contribution in [3.63, 3.8) is 0 Å². The third-order valence-corrected chi connectivity index (χ3v) is 4.60. The van der Waals surface area contributed by atoms with E-state index in [9.17, 15) is 9.90 Å². The third-order valence-electron chi connectivity index (χ3n) is 4.60. The van der Waals surface area contributed by atoms with E-state index in [1.165, 1.54) is 6.42 Å². The summed E-state index contributed by atoms with van der Waals surface area (Å²) in [7, 11) is 0. The van der Waals surface area contributed by atoms with Crippen LogP contribution in [0.1, 0.15) is 56.7 Å². The maximum atomic E-state index is 11.3. The standard InChI is InChI=1S/C15H22N2O4/c1-9-6-11(12(7-9)15(18)19)14-16-13(17-21-14)8-10-4-2-3-5-20-10/h9-12H,2-8H2,1H3,(H,18,19). The molecule has 4 atom stereocenters. The van der Waals surface area contributed by atoms with Gasteiger partial charge in [0.1, 0.15) is 0 Å². The van der Waals surface area contributed by atoms with Gasteiger partial charge in [-0.1, -0.05) is 12.1 Å². The number of carbonyl (C=O) groups is 1. The van der Waals surface area contributed by atoms with Crippen LogP contribution in [0.15, 0.2) is 4.52 Å². The summed E-state index contributed by atoms with van der Waals surface area (Å²) >= 11 is 0. The van der Waals surface area contributed by atoms with Gasteiger partial charge in [-0.15, -0.1) is 0 Å². The summed E-state index contributed by atoms with van der Waals surface area (Å²) in [5, 5.41) is 13.3. The molecule has 1 saturated carbocycles. The number of hydrogen-bond acceptors (Lipinski definition) is 5. The number of rotatable bonds is 4. The summed E-state index contributed by atoms with van der Waals surface area (Å²) < 4.78 is 11.0. The molecule has 2 heterocycles. The van der Waals surface area contributed by atoms with E-state index in [4.69, 9.17) is 9.26 Å². The molecule has 1 aromatic rings. The van der Waals surface area contributed by atoms with Crippen LogP contribution in [0.25, 0.3) is 0 Å². The van der Waals surface area contributed by atoms with Gasteiger partial charge in [0, 0.05) is 13.0 Å². The zero-order chi connectivity index (χ0) is 14.8. The molecule has 0 radical (unpaired) electrons. The largest absolute Gasteiger partial charge is 0.481 e. The first-order chi connectivity index (χ1) is 10.1. The normalized spacial score (nSPS) is 33.2. The molecular weight excluding hydrogens is 272 g/mol. The summed E-state index contributed by atoms with van der Waals surface area (Å²) in [5.41, 5.74) is 0. The Kier molecular flexibility index (Phi) is 4.24. The van der Waals surface area contributed by atoms with Crippen molar-refractivity contribution in [1.29, 1.82) is 0 Å². The second-order valence-corrected chi connectivity index (χ2v) is 6.37. The quantitative estimate of drug-likeness (QED) is 0.917. The smallest absolute Gasteiger partial charge is 0.307 e. The van der Waals surface area contributed by atoms with Crippen molar-refractivity contribution in [3.8, 4) is 0 Å². The lowest BCUT2D eigenvalue weighted by molar-refractivity contribution is -0.142. The lowest BCUT2D eigenvalue weighted by atomic mass is 9.96. The van der Waals surface area contributed by atoms with E-state index in [0.717, 1.165) is 25.9 Å². The molecule has 1 aromatic heterocycles. The van der Waals surface area contributed by atoms with Gasteiger partial charge in [0.05, 0.1) is 17.9 Å². The molecule has 0 spiro atoms. The Morgan fingerprint density at radius 1 is 1.38 bits per heavy atom. The highest BCUT2D eigenvalue weighted by Gasteiger charge is 2.41. The first-order valence-electron chi connectivity index (χ1n) is 7.80.